The van der Waals surface area contributed by atoms with Gasteiger partial charge in [0.25, 0.3) is 0 Å². The van der Waals surface area contributed by atoms with E-state index in [-0.39, 0.29) is 11.8 Å². The Morgan fingerprint density at radius 2 is 2.23 bits per heavy atom. The van der Waals surface area contributed by atoms with Crippen molar-refractivity contribution in [1.82, 2.24) is 15.1 Å². The number of hydrogen-bond donors (Lipinski definition) is 2. The topological polar surface area (TPSA) is 59.0 Å². The van der Waals surface area contributed by atoms with Crippen LogP contribution in [0.3, 0.4) is 0 Å². The van der Waals surface area contributed by atoms with Crippen LogP contribution in [0.25, 0.3) is 11.3 Å². The van der Waals surface area contributed by atoms with Crippen molar-refractivity contribution in [3.05, 3.63) is 35.9 Å². The minimum atomic E-state index is 0.0468. The van der Waals surface area contributed by atoms with Crippen molar-refractivity contribution in [2.24, 2.45) is 13.0 Å². The Bertz CT molecular complexity index is 671. The van der Waals surface area contributed by atoms with Gasteiger partial charge in [0.05, 0.1) is 11.6 Å². The Hall–Kier alpha value is -2.14. The van der Waals surface area contributed by atoms with Gasteiger partial charge in [-0.05, 0) is 31.9 Å². The van der Waals surface area contributed by atoms with E-state index in [4.69, 9.17) is 0 Å². The number of anilines is 1. The van der Waals surface area contributed by atoms with Crippen LogP contribution >= 0.6 is 0 Å². The molecule has 1 amide bonds. The lowest BCUT2D eigenvalue weighted by atomic mass is 9.99. The predicted octanol–water partition coefficient (Wildman–Crippen LogP) is 2.33. The fourth-order valence-electron chi connectivity index (χ4n) is 2.88. The second-order valence-electron chi connectivity index (χ2n) is 5.89. The molecule has 0 aliphatic carbocycles. The van der Waals surface area contributed by atoms with Gasteiger partial charge in [0.1, 0.15) is 5.82 Å². The molecular weight excluding hydrogens is 276 g/mol. The molecule has 1 fully saturated rings. The van der Waals surface area contributed by atoms with E-state index >= 15 is 0 Å². The van der Waals surface area contributed by atoms with Crippen molar-refractivity contribution in [2.45, 2.75) is 19.8 Å². The minimum Gasteiger partial charge on any atom is -0.316 e. The number of hydrogen-bond acceptors (Lipinski definition) is 3. The van der Waals surface area contributed by atoms with Crippen molar-refractivity contribution in [3.63, 3.8) is 0 Å². The molecule has 116 valence electrons. The predicted molar refractivity (Wildman–Crippen MR) is 87.6 cm³/mol. The average Bonchev–Trinajstić information content (AvgIpc) is 2.89. The van der Waals surface area contributed by atoms with E-state index in [0.717, 1.165) is 43.0 Å². The number of rotatable bonds is 3. The number of benzene rings is 1. The molecule has 1 aromatic carbocycles. The molecule has 1 saturated heterocycles. The normalized spacial score (nSPS) is 18.2. The number of amides is 1. The molecule has 1 atom stereocenters. The Morgan fingerprint density at radius 1 is 1.41 bits per heavy atom. The van der Waals surface area contributed by atoms with Crippen molar-refractivity contribution in [3.8, 4) is 11.3 Å². The summed E-state index contributed by atoms with van der Waals surface area (Å²) in [6.45, 7) is 3.83. The van der Waals surface area contributed by atoms with Crippen LogP contribution in [0.4, 0.5) is 5.82 Å². The average molecular weight is 298 g/mol. The van der Waals surface area contributed by atoms with Crippen LogP contribution in [0.2, 0.25) is 0 Å². The highest BCUT2D eigenvalue weighted by Crippen LogP contribution is 2.25. The van der Waals surface area contributed by atoms with Crippen molar-refractivity contribution >= 4 is 11.7 Å². The molecule has 1 aromatic heterocycles. The summed E-state index contributed by atoms with van der Waals surface area (Å²) in [6, 6.07) is 10.1. The lowest BCUT2D eigenvalue weighted by Crippen LogP contribution is -2.37. The summed E-state index contributed by atoms with van der Waals surface area (Å²) in [7, 11) is 1.86. The van der Waals surface area contributed by atoms with E-state index in [9.17, 15) is 4.79 Å². The molecule has 2 aromatic rings. The summed E-state index contributed by atoms with van der Waals surface area (Å²) in [6.07, 6.45) is 2.00. The summed E-state index contributed by atoms with van der Waals surface area (Å²) < 4.78 is 1.73. The largest absolute Gasteiger partial charge is 0.316 e. The third-order valence-electron chi connectivity index (χ3n) is 4.22. The first-order chi connectivity index (χ1) is 10.6. The zero-order valence-corrected chi connectivity index (χ0v) is 13.1. The maximum absolute atomic E-state index is 12.3. The number of nitrogens with one attached hydrogen (secondary N) is 2. The standard InChI is InChI=1S/C17H22N4O/c1-12-6-3-4-8-14(12)15-10-16(21(2)20-15)19-17(22)13-7-5-9-18-11-13/h3-4,6,8,10,13,18H,5,7,9,11H2,1-2H3,(H,19,22). The third kappa shape index (κ3) is 3.04. The molecule has 0 saturated carbocycles. The van der Waals surface area contributed by atoms with E-state index in [1.165, 1.54) is 5.56 Å². The zero-order valence-electron chi connectivity index (χ0n) is 13.1. The first kappa shape index (κ1) is 14.8. The van der Waals surface area contributed by atoms with Crippen LogP contribution in [-0.2, 0) is 11.8 Å². The van der Waals surface area contributed by atoms with Crippen LogP contribution in [0.15, 0.2) is 30.3 Å². The van der Waals surface area contributed by atoms with Gasteiger partial charge < -0.3 is 10.6 Å². The third-order valence-corrected chi connectivity index (χ3v) is 4.22. The molecule has 0 radical (unpaired) electrons. The van der Waals surface area contributed by atoms with E-state index in [1.807, 2.05) is 31.3 Å². The number of carbonyl (C=O) groups is 1. The van der Waals surface area contributed by atoms with Crippen molar-refractivity contribution in [1.29, 1.82) is 0 Å². The first-order valence-electron chi connectivity index (χ1n) is 7.77. The van der Waals surface area contributed by atoms with Crippen LogP contribution in [-0.4, -0.2) is 28.8 Å². The molecule has 0 bridgehead atoms. The lowest BCUT2D eigenvalue weighted by Gasteiger charge is -2.21. The number of aromatic nitrogens is 2. The lowest BCUT2D eigenvalue weighted by molar-refractivity contribution is -0.120. The summed E-state index contributed by atoms with van der Waals surface area (Å²) in [5.74, 6) is 0.867. The van der Waals surface area contributed by atoms with Crippen molar-refractivity contribution in [2.75, 3.05) is 18.4 Å². The van der Waals surface area contributed by atoms with Gasteiger partial charge >= 0.3 is 0 Å². The molecular formula is C17H22N4O. The number of aryl methyl sites for hydroxylation is 2. The van der Waals surface area contributed by atoms with E-state index in [2.05, 4.69) is 28.7 Å². The maximum Gasteiger partial charge on any atom is 0.229 e. The number of piperidine rings is 1. The van der Waals surface area contributed by atoms with Crippen molar-refractivity contribution < 1.29 is 4.79 Å². The van der Waals surface area contributed by atoms with Gasteiger partial charge in [-0.3, -0.25) is 9.48 Å². The smallest absolute Gasteiger partial charge is 0.229 e. The van der Waals surface area contributed by atoms with Crippen LogP contribution < -0.4 is 10.6 Å². The van der Waals surface area contributed by atoms with Gasteiger partial charge in [0.15, 0.2) is 0 Å². The molecule has 3 rings (SSSR count). The van der Waals surface area contributed by atoms with Gasteiger partial charge in [0.2, 0.25) is 5.91 Å². The van der Waals surface area contributed by atoms with E-state index < -0.39 is 0 Å². The first-order valence-corrected chi connectivity index (χ1v) is 7.77. The monoisotopic (exact) mass is 298 g/mol. The SMILES string of the molecule is Cc1ccccc1-c1cc(NC(=O)C2CCCNC2)n(C)n1. The molecule has 2 heterocycles. The summed E-state index contributed by atoms with van der Waals surface area (Å²) in [5, 5.41) is 10.8. The molecule has 1 unspecified atom stereocenters. The van der Waals surface area contributed by atoms with Gasteiger partial charge in [-0.25, -0.2) is 0 Å². The number of nitrogens with zero attached hydrogens (tertiary/aromatic N) is 2. The highest BCUT2D eigenvalue weighted by atomic mass is 16.2. The second-order valence-corrected chi connectivity index (χ2v) is 5.89. The van der Waals surface area contributed by atoms with E-state index in [1.54, 1.807) is 4.68 Å². The highest BCUT2D eigenvalue weighted by molar-refractivity contribution is 5.92. The Balaban J connectivity index is 1.78. The second kappa shape index (κ2) is 6.32. The molecule has 0 spiro atoms. The quantitative estimate of drug-likeness (QED) is 0.914. The molecule has 22 heavy (non-hydrogen) atoms. The zero-order chi connectivity index (χ0) is 15.5. The highest BCUT2D eigenvalue weighted by Gasteiger charge is 2.22. The Kier molecular flexibility index (Phi) is 4.24. The summed E-state index contributed by atoms with van der Waals surface area (Å²) in [4.78, 5) is 12.3. The maximum atomic E-state index is 12.3. The minimum absolute atomic E-state index is 0.0468. The van der Waals surface area contributed by atoms with Gasteiger partial charge in [0, 0.05) is 25.2 Å². The Labute approximate surface area is 130 Å². The molecule has 5 heteroatoms. The van der Waals surface area contributed by atoms with Gasteiger partial charge in [-0.15, -0.1) is 0 Å². The molecule has 5 nitrogen and oxygen atoms in total. The number of carbonyl (C=O) groups excluding carboxylic acids is 1. The van der Waals surface area contributed by atoms with E-state index in [0.29, 0.717) is 0 Å². The van der Waals surface area contributed by atoms with Gasteiger partial charge in [-0.1, -0.05) is 24.3 Å². The fraction of sp³-hybridized carbons (Fsp3) is 0.412. The molecule has 1 aliphatic heterocycles. The van der Waals surface area contributed by atoms with Crippen LogP contribution in [0, 0.1) is 12.8 Å². The summed E-state index contributed by atoms with van der Waals surface area (Å²) >= 11 is 0. The summed E-state index contributed by atoms with van der Waals surface area (Å²) in [5.41, 5.74) is 3.16. The van der Waals surface area contributed by atoms with Gasteiger partial charge in [-0.2, -0.15) is 5.10 Å². The Morgan fingerprint density at radius 3 is 2.95 bits per heavy atom. The van der Waals surface area contributed by atoms with Crippen LogP contribution in [0.5, 0.6) is 0 Å². The molecule has 2 N–H and O–H groups in total. The van der Waals surface area contributed by atoms with Crippen LogP contribution in [0.1, 0.15) is 18.4 Å². The fourth-order valence-corrected chi connectivity index (χ4v) is 2.88. The molecule has 1 aliphatic rings.